The van der Waals surface area contributed by atoms with Gasteiger partial charge in [-0.1, -0.05) is 11.6 Å². The average Bonchev–Trinajstić information content (AvgIpc) is 3.39. The van der Waals surface area contributed by atoms with Crippen LogP contribution in [-0.2, 0) is 27.1 Å². The van der Waals surface area contributed by atoms with Crippen LogP contribution in [0.4, 0.5) is 0 Å². The third-order valence-electron chi connectivity index (χ3n) is 7.36. The first-order chi connectivity index (χ1) is 15.2. The summed E-state index contributed by atoms with van der Waals surface area (Å²) in [5.41, 5.74) is 2.25. The Bertz CT molecular complexity index is 944. The fourth-order valence-electron chi connectivity index (χ4n) is 5.82. The van der Waals surface area contributed by atoms with Crippen LogP contribution < -0.4 is 0 Å². The molecule has 1 saturated carbocycles. The van der Waals surface area contributed by atoms with Crippen LogP contribution in [0.2, 0.25) is 5.02 Å². The van der Waals surface area contributed by atoms with Crippen molar-refractivity contribution in [2.45, 2.75) is 56.3 Å². The van der Waals surface area contributed by atoms with Crippen LogP contribution in [0.15, 0.2) is 18.2 Å². The van der Waals surface area contributed by atoms with Crippen LogP contribution in [0, 0.1) is 0 Å². The molecule has 3 fully saturated rings. The molecule has 0 N–H and O–H groups in total. The van der Waals surface area contributed by atoms with Crippen LogP contribution >= 0.6 is 11.6 Å². The van der Waals surface area contributed by atoms with E-state index < -0.39 is 5.79 Å². The molecule has 0 radical (unpaired) electrons. The minimum absolute atomic E-state index is 0.418. The molecular formula is C23H29ClN4O3. The van der Waals surface area contributed by atoms with Crippen molar-refractivity contribution in [3.8, 4) is 5.69 Å². The average molecular weight is 445 g/mol. The lowest BCUT2D eigenvalue weighted by atomic mass is 9.84. The monoisotopic (exact) mass is 444 g/mol. The van der Waals surface area contributed by atoms with Crippen molar-refractivity contribution < 1.29 is 14.2 Å². The third kappa shape index (κ3) is 3.70. The Hall–Kier alpha value is -1.51. The number of fused-ring (bicyclic) bond motifs is 3. The molecular weight excluding hydrogens is 416 g/mol. The highest BCUT2D eigenvalue weighted by Gasteiger charge is 2.43. The number of rotatable bonds is 2. The van der Waals surface area contributed by atoms with Gasteiger partial charge in [-0.2, -0.15) is 0 Å². The Balaban J connectivity index is 1.30. The van der Waals surface area contributed by atoms with Gasteiger partial charge in [-0.15, -0.1) is 10.2 Å². The van der Waals surface area contributed by atoms with Gasteiger partial charge in [0.15, 0.2) is 5.79 Å². The van der Waals surface area contributed by atoms with Crippen LogP contribution in [0.3, 0.4) is 0 Å². The van der Waals surface area contributed by atoms with Crippen molar-refractivity contribution in [2.24, 2.45) is 0 Å². The predicted octanol–water partition coefficient (Wildman–Crippen LogP) is 3.12. The molecule has 0 unspecified atom stereocenters. The summed E-state index contributed by atoms with van der Waals surface area (Å²) in [6, 6.07) is 6.76. The van der Waals surface area contributed by atoms with Crippen molar-refractivity contribution in [3.05, 3.63) is 40.4 Å². The van der Waals surface area contributed by atoms with E-state index in [1.807, 2.05) is 12.1 Å². The van der Waals surface area contributed by atoms with Gasteiger partial charge < -0.3 is 14.2 Å². The molecule has 7 nitrogen and oxygen atoms in total. The van der Waals surface area contributed by atoms with Gasteiger partial charge in [0.1, 0.15) is 11.6 Å². The van der Waals surface area contributed by atoms with E-state index in [2.05, 4.69) is 20.6 Å². The van der Waals surface area contributed by atoms with E-state index in [1.165, 1.54) is 12.8 Å². The number of benzene rings is 1. The second kappa shape index (κ2) is 8.12. The van der Waals surface area contributed by atoms with Crippen LogP contribution in [0.1, 0.15) is 48.8 Å². The SMILES string of the molecule is Clc1ccc2c(c1)CC1(Cc3nnc(C4CCC(N5CCOCC5)CC4)n3-2)OCCO1. The molecule has 4 heterocycles. The van der Waals surface area contributed by atoms with Gasteiger partial charge in [0.25, 0.3) is 0 Å². The zero-order valence-corrected chi connectivity index (χ0v) is 18.5. The molecule has 31 heavy (non-hydrogen) atoms. The van der Waals surface area contributed by atoms with Crippen molar-refractivity contribution in [1.29, 1.82) is 0 Å². The maximum Gasteiger partial charge on any atom is 0.179 e. The maximum atomic E-state index is 6.37. The summed E-state index contributed by atoms with van der Waals surface area (Å²) in [5, 5.41) is 10.1. The molecule has 0 bridgehead atoms. The molecule has 166 valence electrons. The van der Waals surface area contributed by atoms with Gasteiger partial charge in [-0.3, -0.25) is 9.47 Å². The molecule has 1 aromatic carbocycles. The normalized spacial score (nSPS) is 28.3. The van der Waals surface area contributed by atoms with Gasteiger partial charge in [-0.05, 0) is 49.4 Å². The molecule has 0 atom stereocenters. The Morgan fingerprint density at radius 1 is 0.935 bits per heavy atom. The number of morpholine rings is 1. The van der Waals surface area contributed by atoms with E-state index in [9.17, 15) is 0 Å². The summed E-state index contributed by atoms with van der Waals surface area (Å²) in [4.78, 5) is 2.61. The van der Waals surface area contributed by atoms with E-state index in [-0.39, 0.29) is 0 Å². The zero-order chi connectivity index (χ0) is 20.8. The number of aromatic nitrogens is 3. The molecule has 8 heteroatoms. The summed E-state index contributed by atoms with van der Waals surface area (Å²) < 4.78 is 20.0. The number of hydrogen-bond donors (Lipinski definition) is 0. The van der Waals surface area contributed by atoms with Gasteiger partial charge in [0.2, 0.25) is 0 Å². The molecule has 1 aliphatic carbocycles. The van der Waals surface area contributed by atoms with Gasteiger partial charge in [-0.25, -0.2) is 0 Å². The molecule has 4 aliphatic rings. The van der Waals surface area contributed by atoms with Gasteiger partial charge in [0.05, 0.1) is 38.5 Å². The minimum Gasteiger partial charge on any atom is -0.379 e. The summed E-state index contributed by atoms with van der Waals surface area (Å²) in [6.45, 7) is 5.08. The molecule has 3 aliphatic heterocycles. The Labute approximate surface area is 187 Å². The topological polar surface area (TPSA) is 61.6 Å². The van der Waals surface area contributed by atoms with E-state index >= 15 is 0 Å². The number of ether oxygens (including phenoxy) is 3. The molecule has 0 amide bonds. The smallest absolute Gasteiger partial charge is 0.179 e. The zero-order valence-electron chi connectivity index (χ0n) is 17.8. The highest BCUT2D eigenvalue weighted by molar-refractivity contribution is 6.30. The van der Waals surface area contributed by atoms with Crippen molar-refractivity contribution in [2.75, 3.05) is 39.5 Å². The number of nitrogens with zero attached hydrogens (tertiary/aromatic N) is 4. The van der Waals surface area contributed by atoms with Crippen LogP contribution in [0.5, 0.6) is 0 Å². The second-order valence-corrected chi connectivity index (χ2v) is 9.63. The quantitative estimate of drug-likeness (QED) is 0.709. The largest absolute Gasteiger partial charge is 0.379 e. The first-order valence-corrected chi connectivity index (χ1v) is 11.9. The highest BCUT2D eigenvalue weighted by Crippen LogP contribution is 2.40. The van der Waals surface area contributed by atoms with E-state index in [0.717, 1.165) is 67.1 Å². The van der Waals surface area contributed by atoms with Crippen molar-refractivity contribution in [1.82, 2.24) is 19.7 Å². The minimum atomic E-state index is -0.661. The lowest BCUT2D eigenvalue weighted by Crippen LogP contribution is -2.44. The maximum absolute atomic E-state index is 6.37. The molecule has 1 spiro atoms. The van der Waals surface area contributed by atoms with Crippen molar-refractivity contribution >= 4 is 11.6 Å². The number of halogens is 1. The Morgan fingerprint density at radius 2 is 1.71 bits per heavy atom. The Morgan fingerprint density at radius 3 is 2.48 bits per heavy atom. The first kappa shape index (κ1) is 20.1. The highest BCUT2D eigenvalue weighted by atomic mass is 35.5. The van der Waals surface area contributed by atoms with Crippen LogP contribution in [-0.4, -0.2) is 71.0 Å². The lowest BCUT2D eigenvalue weighted by molar-refractivity contribution is -0.155. The number of hydrogen-bond acceptors (Lipinski definition) is 6. The van der Waals surface area contributed by atoms with E-state index in [0.29, 0.717) is 38.0 Å². The lowest BCUT2D eigenvalue weighted by Gasteiger charge is -2.38. The fraction of sp³-hybridized carbons (Fsp3) is 0.652. The summed E-state index contributed by atoms with van der Waals surface area (Å²) >= 11 is 6.37. The van der Waals surface area contributed by atoms with E-state index in [4.69, 9.17) is 30.9 Å². The van der Waals surface area contributed by atoms with Crippen LogP contribution in [0.25, 0.3) is 5.69 Å². The molecule has 6 rings (SSSR count). The van der Waals surface area contributed by atoms with Gasteiger partial charge in [0, 0.05) is 36.5 Å². The standard InChI is InChI=1S/C23H29ClN4O3/c24-18-3-6-20-17(13-18)14-23(30-11-12-31-23)15-21-25-26-22(28(20)21)16-1-4-19(5-2-16)27-7-9-29-10-8-27/h3,6,13,16,19H,1-2,4-5,7-12,14-15H2. The third-order valence-corrected chi connectivity index (χ3v) is 7.60. The first-order valence-electron chi connectivity index (χ1n) is 11.5. The van der Waals surface area contributed by atoms with E-state index in [1.54, 1.807) is 0 Å². The summed E-state index contributed by atoms with van der Waals surface area (Å²) in [5.74, 6) is 1.76. The fourth-order valence-corrected chi connectivity index (χ4v) is 6.02. The second-order valence-electron chi connectivity index (χ2n) is 9.20. The summed E-state index contributed by atoms with van der Waals surface area (Å²) in [7, 11) is 0. The Kier molecular flexibility index (Phi) is 5.27. The molecule has 2 aromatic rings. The summed E-state index contributed by atoms with van der Waals surface area (Å²) in [6.07, 6.45) is 5.97. The van der Waals surface area contributed by atoms with Crippen molar-refractivity contribution in [3.63, 3.8) is 0 Å². The molecule has 2 saturated heterocycles. The molecule has 1 aromatic heterocycles. The van der Waals surface area contributed by atoms with Gasteiger partial charge >= 0.3 is 0 Å². The predicted molar refractivity (Wildman–Crippen MR) is 116 cm³/mol.